The average Bonchev–Trinajstić information content (AvgIpc) is 2.80. The van der Waals surface area contributed by atoms with Crippen molar-refractivity contribution in [2.24, 2.45) is 0 Å². The fraction of sp³-hybridized carbons (Fsp3) is 0.208. The molecule has 0 aromatic heterocycles. The summed E-state index contributed by atoms with van der Waals surface area (Å²) in [7, 11) is -0.634. The average molecular weight is 439 g/mol. The molecule has 3 rings (SSSR count). The molecule has 0 aliphatic rings. The van der Waals surface area contributed by atoms with Crippen LogP contribution < -0.4 is 9.04 Å². The van der Waals surface area contributed by atoms with Crippen molar-refractivity contribution < 1.29 is 17.9 Å². The van der Waals surface area contributed by atoms with E-state index in [1.54, 1.807) is 43.4 Å². The molecule has 0 aliphatic heterocycles. The Morgan fingerprint density at radius 2 is 1.58 bits per heavy atom. The number of amides is 1. The van der Waals surface area contributed by atoms with Gasteiger partial charge in [0, 0.05) is 19.7 Å². The molecule has 7 heteroatoms. The fourth-order valence-electron chi connectivity index (χ4n) is 2.98. The molecular formula is C24H26N2O4S. The molecule has 0 bridgehead atoms. The normalized spacial score (nSPS) is 11.1. The molecular weight excluding hydrogens is 412 g/mol. The Hall–Kier alpha value is -3.32. The lowest BCUT2D eigenvalue weighted by atomic mass is 10.2. The highest BCUT2D eigenvalue weighted by Gasteiger charge is 2.23. The van der Waals surface area contributed by atoms with Crippen LogP contribution in [-0.4, -0.2) is 46.5 Å². The van der Waals surface area contributed by atoms with Gasteiger partial charge in [-0.3, -0.25) is 9.10 Å². The number of anilines is 1. The van der Waals surface area contributed by atoms with Crippen LogP contribution >= 0.6 is 0 Å². The first-order chi connectivity index (χ1) is 14.8. The fourth-order valence-corrected chi connectivity index (χ4v) is 4.22. The van der Waals surface area contributed by atoms with Crippen molar-refractivity contribution in [3.63, 3.8) is 0 Å². The number of aryl methyl sites for hydroxylation is 1. The van der Waals surface area contributed by atoms with E-state index in [4.69, 9.17) is 4.74 Å². The number of carbonyl (C=O) groups excluding carboxylic acids is 1. The minimum atomic E-state index is -3.79. The lowest BCUT2D eigenvalue weighted by Gasteiger charge is -2.21. The smallest absolute Gasteiger partial charge is 0.264 e. The number of nitrogens with zero attached hydrogens (tertiary/aromatic N) is 2. The summed E-state index contributed by atoms with van der Waals surface area (Å²) in [6.45, 7) is 2.70. The minimum Gasteiger partial charge on any atom is -0.492 e. The zero-order valence-electron chi connectivity index (χ0n) is 17.9. The molecule has 162 valence electrons. The van der Waals surface area contributed by atoms with Gasteiger partial charge in [0.25, 0.3) is 15.9 Å². The lowest BCUT2D eigenvalue weighted by molar-refractivity contribution is 0.0773. The first kappa shape index (κ1) is 22.4. The van der Waals surface area contributed by atoms with Gasteiger partial charge in [0.2, 0.25) is 0 Å². The third kappa shape index (κ3) is 5.44. The van der Waals surface area contributed by atoms with Gasteiger partial charge in [0.1, 0.15) is 12.4 Å². The quantitative estimate of drug-likeness (QED) is 0.534. The molecule has 0 aliphatic carbocycles. The Morgan fingerprint density at radius 1 is 0.903 bits per heavy atom. The second-order valence-electron chi connectivity index (χ2n) is 7.22. The van der Waals surface area contributed by atoms with Crippen LogP contribution in [0.2, 0.25) is 0 Å². The molecule has 0 saturated carbocycles. The van der Waals surface area contributed by atoms with E-state index in [2.05, 4.69) is 0 Å². The van der Waals surface area contributed by atoms with Gasteiger partial charge >= 0.3 is 0 Å². The minimum absolute atomic E-state index is 0.0639. The molecule has 6 nitrogen and oxygen atoms in total. The third-order valence-electron chi connectivity index (χ3n) is 4.92. The van der Waals surface area contributed by atoms with Crippen molar-refractivity contribution in [2.75, 3.05) is 31.6 Å². The maximum atomic E-state index is 13.0. The SMILES string of the molecule is Cc1ccc(OCCN(C)C(=O)c2cccc(S(=O)(=O)N(C)c3ccccc3)c2)cc1. The second kappa shape index (κ2) is 9.66. The van der Waals surface area contributed by atoms with Gasteiger partial charge in [-0.25, -0.2) is 8.42 Å². The zero-order valence-corrected chi connectivity index (χ0v) is 18.7. The van der Waals surface area contributed by atoms with Gasteiger partial charge in [0.05, 0.1) is 17.1 Å². The van der Waals surface area contributed by atoms with Gasteiger partial charge in [-0.05, 0) is 49.4 Å². The number of likely N-dealkylation sites (N-methyl/N-ethyl adjacent to an activating group) is 1. The summed E-state index contributed by atoms with van der Waals surface area (Å²) in [5.74, 6) is 0.468. The van der Waals surface area contributed by atoms with Crippen molar-refractivity contribution in [3.8, 4) is 5.75 Å². The molecule has 0 spiro atoms. The highest BCUT2D eigenvalue weighted by Crippen LogP contribution is 2.22. The van der Waals surface area contributed by atoms with E-state index in [1.807, 2.05) is 37.3 Å². The van der Waals surface area contributed by atoms with Crippen LogP contribution in [0.25, 0.3) is 0 Å². The summed E-state index contributed by atoms with van der Waals surface area (Å²) in [5, 5.41) is 0. The standard InChI is InChI=1S/C24H26N2O4S/c1-19-12-14-22(15-13-19)30-17-16-25(2)24(27)20-8-7-11-23(18-20)31(28,29)26(3)21-9-5-4-6-10-21/h4-15,18H,16-17H2,1-3H3. The van der Waals surface area contributed by atoms with Gasteiger partial charge in [-0.2, -0.15) is 0 Å². The van der Waals surface area contributed by atoms with Crippen LogP contribution in [0.15, 0.2) is 83.8 Å². The number of carbonyl (C=O) groups is 1. The van der Waals surface area contributed by atoms with Crippen molar-refractivity contribution in [2.45, 2.75) is 11.8 Å². The maximum absolute atomic E-state index is 13.0. The highest BCUT2D eigenvalue weighted by molar-refractivity contribution is 7.92. The zero-order chi connectivity index (χ0) is 22.4. The summed E-state index contributed by atoms with van der Waals surface area (Å²) in [6.07, 6.45) is 0. The Kier molecular flexibility index (Phi) is 6.97. The van der Waals surface area contributed by atoms with E-state index in [0.717, 1.165) is 11.3 Å². The molecule has 0 heterocycles. The van der Waals surface area contributed by atoms with Crippen LogP contribution in [0.5, 0.6) is 5.75 Å². The van der Waals surface area contributed by atoms with Crippen molar-refractivity contribution in [1.82, 2.24) is 4.90 Å². The molecule has 0 atom stereocenters. The van der Waals surface area contributed by atoms with E-state index >= 15 is 0 Å². The Labute approximate surface area is 183 Å². The summed E-state index contributed by atoms with van der Waals surface area (Å²) in [4.78, 5) is 14.4. The molecule has 0 radical (unpaired) electrons. The van der Waals surface area contributed by atoms with Crippen molar-refractivity contribution in [1.29, 1.82) is 0 Å². The Balaban J connectivity index is 1.68. The van der Waals surface area contributed by atoms with Crippen molar-refractivity contribution >= 4 is 21.6 Å². The van der Waals surface area contributed by atoms with E-state index in [9.17, 15) is 13.2 Å². The first-order valence-corrected chi connectivity index (χ1v) is 11.3. The maximum Gasteiger partial charge on any atom is 0.264 e. The van der Waals surface area contributed by atoms with Crippen LogP contribution in [0.3, 0.4) is 0 Å². The topological polar surface area (TPSA) is 66.9 Å². The molecule has 0 unspecified atom stereocenters. The molecule has 0 fully saturated rings. The van der Waals surface area contributed by atoms with Gasteiger partial charge in [-0.15, -0.1) is 0 Å². The molecule has 0 saturated heterocycles. The van der Waals surface area contributed by atoms with E-state index in [1.165, 1.54) is 28.4 Å². The van der Waals surface area contributed by atoms with Crippen LogP contribution in [0, 0.1) is 6.92 Å². The monoisotopic (exact) mass is 438 g/mol. The number of para-hydroxylation sites is 1. The molecule has 3 aromatic carbocycles. The van der Waals surface area contributed by atoms with Gasteiger partial charge in [0.15, 0.2) is 0 Å². The number of sulfonamides is 1. The molecule has 1 amide bonds. The predicted octanol–water partition coefficient (Wildman–Crippen LogP) is 3.97. The predicted molar refractivity (Wildman–Crippen MR) is 122 cm³/mol. The summed E-state index contributed by atoms with van der Waals surface area (Å²) in [6, 6.07) is 22.6. The lowest BCUT2D eigenvalue weighted by Crippen LogP contribution is -2.31. The molecule has 31 heavy (non-hydrogen) atoms. The number of hydrogen-bond acceptors (Lipinski definition) is 4. The molecule has 0 N–H and O–H groups in total. The third-order valence-corrected chi connectivity index (χ3v) is 6.70. The number of rotatable bonds is 8. The number of ether oxygens (including phenoxy) is 1. The van der Waals surface area contributed by atoms with Gasteiger partial charge < -0.3 is 9.64 Å². The first-order valence-electron chi connectivity index (χ1n) is 9.88. The Morgan fingerprint density at radius 3 is 2.26 bits per heavy atom. The summed E-state index contributed by atoms with van der Waals surface area (Å²) < 4.78 is 32.9. The van der Waals surface area contributed by atoms with E-state index < -0.39 is 10.0 Å². The Bertz CT molecular complexity index is 1130. The largest absolute Gasteiger partial charge is 0.492 e. The second-order valence-corrected chi connectivity index (χ2v) is 9.19. The van der Waals surface area contributed by atoms with Crippen molar-refractivity contribution in [3.05, 3.63) is 90.0 Å². The highest BCUT2D eigenvalue weighted by atomic mass is 32.2. The number of hydrogen-bond donors (Lipinski definition) is 0. The van der Waals surface area contributed by atoms with Gasteiger partial charge in [-0.1, -0.05) is 42.0 Å². The number of benzene rings is 3. The van der Waals surface area contributed by atoms with E-state index in [-0.39, 0.29) is 10.8 Å². The molecule has 3 aromatic rings. The summed E-state index contributed by atoms with van der Waals surface area (Å²) in [5.41, 5.74) is 2.00. The van der Waals surface area contributed by atoms with Crippen LogP contribution in [0.4, 0.5) is 5.69 Å². The van der Waals surface area contributed by atoms with E-state index in [0.29, 0.717) is 24.4 Å². The van der Waals surface area contributed by atoms with Crippen LogP contribution in [0.1, 0.15) is 15.9 Å². The van der Waals surface area contributed by atoms with Crippen LogP contribution in [-0.2, 0) is 10.0 Å². The summed E-state index contributed by atoms with van der Waals surface area (Å²) >= 11 is 0.